The molecule has 1 saturated heterocycles. The third-order valence-corrected chi connectivity index (χ3v) is 7.32. The first-order chi connectivity index (χ1) is 19.0. The van der Waals surface area contributed by atoms with Crippen LogP contribution in [0.4, 0.5) is 17.6 Å². The van der Waals surface area contributed by atoms with Gasteiger partial charge in [-0.05, 0) is 37.5 Å². The number of carbonyl (C=O) groups excluding carboxylic acids is 3. The predicted octanol–water partition coefficient (Wildman–Crippen LogP) is 3.44. The van der Waals surface area contributed by atoms with Crippen molar-refractivity contribution in [2.24, 2.45) is 5.73 Å². The van der Waals surface area contributed by atoms with Crippen LogP contribution in [0.1, 0.15) is 37.8 Å². The highest BCUT2D eigenvalue weighted by Gasteiger charge is 2.35. The fourth-order valence-electron chi connectivity index (χ4n) is 4.07. The monoisotopic (exact) mass is 585 g/mol. The first kappa shape index (κ1) is 31.2. The highest BCUT2D eigenvalue weighted by atomic mass is 32.2. The van der Waals surface area contributed by atoms with Crippen molar-refractivity contribution >= 4 is 29.5 Å². The van der Waals surface area contributed by atoms with Crippen molar-refractivity contribution in [1.29, 1.82) is 0 Å². The highest BCUT2D eigenvalue weighted by molar-refractivity contribution is 8.00. The summed E-state index contributed by atoms with van der Waals surface area (Å²) in [5.41, 5.74) is 5.98. The van der Waals surface area contributed by atoms with Crippen molar-refractivity contribution in [3.8, 4) is 5.75 Å². The molecule has 0 saturated carbocycles. The molecule has 0 spiro atoms. The second-order valence-electron chi connectivity index (χ2n) is 9.07. The SMILES string of the molecule is CCOC(=O)C(CC)Oc1ccc(CNC(=O)C2SCCN2C(=O)C[C@H](N)Cc2cc(F)c(F)cc2F)c(F)c1. The lowest BCUT2D eigenvalue weighted by atomic mass is 10.0. The number of nitrogens with two attached hydrogens (primary N) is 1. The number of ether oxygens (including phenoxy) is 2. The van der Waals surface area contributed by atoms with E-state index in [1.165, 1.54) is 28.8 Å². The molecule has 3 atom stereocenters. The molecule has 0 aromatic heterocycles. The summed E-state index contributed by atoms with van der Waals surface area (Å²) in [4.78, 5) is 38.9. The molecule has 2 aromatic carbocycles. The number of nitrogens with zero attached hydrogens (tertiary/aromatic N) is 1. The van der Waals surface area contributed by atoms with Crippen LogP contribution >= 0.6 is 11.8 Å². The normalized spacial score (nSPS) is 16.4. The molecule has 3 rings (SSSR count). The summed E-state index contributed by atoms with van der Waals surface area (Å²) in [6, 6.07) is 4.24. The van der Waals surface area contributed by atoms with Crippen molar-refractivity contribution in [1.82, 2.24) is 10.2 Å². The Morgan fingerprint density at radius 1 is 1.05 bits per heavy atom. The summed E-state index contributed by atoms with van der Waals surface area (Å²) in [5.74, 6) is -5.06. The number of esters is 1. The molecule has 3 N–H and O–H groups in total. The summed E-state index contributed by atoms with van der Waals surface area (Å²) < 4.78 is 65.7. The van der Waals surface area contributed by atoms with Gasteiger partial charge in [0.05, 0.1) is 6.61 Å². The zero-order chi connectivity index (χ0) is 29.4. The average Bonchev–Trinajstić information content (AvgIpc) is 3.40. The number of benzene rings is 2. The first-order valence-electron chi connectivity index (χ1n) is 12.7. The lowest BCUT2D eigenvalue weighted by Gasteiger charge is -2.24. The molecule has 1 aliphatic heterocycles. The van der Waals surface area contributed by atoms with Crippen LogP contribution in [0.2, 0.25) is 0 Å². The minimum Gasteiger partial charge on any atom is -0.479 e. The van der Waals surface area contributed by atoms with Crippen molar-refractivity contribution in [2.75, 3.05) is 18.9 Å². The number of carbonyl (C=O) groups is 3. The van der Waals surface area contributed by atoms with Gasteiger partial charge < -0.3 is 25.4 Å². The average molecular weight is 586 g/mol. The maximum atomic E-state index is 14.7. The Labute approximate surface area is 233 Å². The van der Waals surface area contributed by atoms with Crippen LogP contribution in [0.3, 0.4) is 0 Å². The van der Waals surface area contributed by atoms with Crippen LogP contribution in [0, 0.1) is 23.3 Å². The van der Waals surface area contributed by atoms with E-state index >= 15 is 0 Å². The molecule has 1 heterocycles. The number of amides is 2. The van der Waals surface area contributed by atoms with Crippen molar-refractivity contribution in [2.45, 2.75) is 57.2 Å². The molecule has 8 nitrogen and oxygen atoms in total. The molecule has 2 unspecified atom stereocenters. The van der Waals surface area contributed by atoms with E-state index in [0.29, 0.717) is 24.3 Å². The van der Waals surface area contributed by atoms with Crippen LogP contribution in [-0.4, -0.2) is 59.1 Å². The zero-order valence-electron chi connectivity index (χ0n) is 22.1. The standard InChI is InChI=1S/C27H31F4N3O5S/c1-3-23(27(37)38-4-2)39-18-6-5-15(19(28)12-18)14-33-25(36)26-34(7-8-40-26)24(35)11-17(32)9-16-10-21(30)22(31)13-20(16)29/h5-6,10,12-13,17,23,26H,3-4,7-9,11,14,32H2,1-2H3,(H,33,36)/t17-,23?,26?/m1/s1. The molecule has 1 aliphatic rings. The Hall–Kier alpha value is -3.32. The van der Waals surface area contributed by atoms with Crippen LogP contribution < -0.4 is 15.8 Å². The lowest BCUT2D eigenvalue weighted by Crippen LogP contribution is -2.46. The number of thioether (sulfide) groups is 1. The Kier molecular flexibility index (Phi) is 11.2. The molecular weight excluding hydrogens is 554 g/mol. The maximum absolute atomic E-state index is 14.7. The third kappa shape index (κ3) is 8.10. The summed E-state index contributed by atoms with van der Waals surface area (Å²) in [7, 11) is 0. The van der Waals surface area contributed by atoms with E-state index in [9.17, 15) is 31.9 Å². The molecule has 2 aromatic rings. The summed E-state index contributed by atoms with van der Waals surface area (Å²) in [6.07, 6.45) is -0.996. The quantitative estimate of drug-likeness (QED) is 0.223. The largest absolute Gasteiger partial charge is 0.479 e. The van der Waals surface area contributed by atoms with E-state index < -0.39 is 58.6 Å². The zero-order valence-corrected chi connectivity index (χ0v) is 22.9. The Balaban J connectivity index is 1.55. The topological polar surface area (TPSA) is 111 Å². The van der Waals surface area contributed by atoms with Crippen LogP contribution in [0.5, 0.6) is 5.75 Å². The second-order valence-corrected chi connectivity index (χ2v) is 10.3. The number of hydrogen-bond acceptors (Lipinski definition) is 7. The number of rotatable bonds is 12. The van der Waals surface area contributed by atoms with Gasteiger partial charge in [-0.25, -0.2) is 22.4 Å². The third-order valence-electron chi connectivity index (χ3n) is 6.12. The minimum atomic E-state index is -1.32. The van der Waals surface area contributed by atoms with E-state index in [1.54, 1.807) is 13.8 Å². The molecule has 2 amide bonds. The fourth-order valence-corrected chi connectivity index (χ4v) is 5.23. The number of nitrogens with one attached hydrogen (secondary N) is 1. The van der Waals surface area contributed by atoms with Crippen molar-refractivity contribution < 1.29 is 41.4 Å². The predicted molar refractivity (Wildman–Crippen MR) is 140 cm³/mol. The molecular formula is C27H31F4N3O5S. The molecule has 1 fully saturated rings. The van der Waals surface area contributed by atoms with Crippen molar-refractivity contribution in [3.63, 3.8) is 0 Å². The molecule has 0 bridgehead atoms. The number of hydrogen-bond donors (Lipinski definition) is 2. The van der Waals surface area contributed by atoms with Crippen LogP contribution in [0.25, 0.3) is 0 Å². The molecule has 218 valence electrons. The van der Waals surface area contributed by atoms with Crippen molar-refractivity contribution in [3.05, 3.63) is 64.7 Å². The van der Waals surface area contributed by atoms with Gasteiger partial charge in [-0.3, -0.25) is 9.59 Å². The summed E-state index contributed by atoms with van der Waals surface area (Å²) >= 11 is 1.23. The molecule has 0 aliphatic carbocycles. The van der Waals surface area contributed by atoms with E-state index in [4.69, 9.17) is 15.2 Å². The molecule has 13 heteroatoms. The van der Waals surface area contributed by atoms with Gasteiger partial charge in [0, 0.05) is 49.0 Å². The van der Waals surface area contributed by atoms with Gasteiger partial charge in [-0.1, -0.05) is 13.0 Å². The van der Waals surface area contributed by atoms with E-state index in [0.717, 1.165) is 6.07 Å². The Morgan fingerprint density at radius 3 is 2.42 bits per heavy atom. The van der Waals surface area contributed by atoms with Crippen LogP contribution in [-0.2, 0) is 32.1 Å². The van der Waals surface area contributed by atoms with Gasteiger partial charge in [0.25, 0.3) is 5.91 Å². The Morgan fingerprint density at radius 2 is 1.75 bits per heavy atom. The van der Waals surface area contributed by atoms with Gasteiger partial charge >= 0.3 is 5.97 Å². The second kappa shape index (κ2) is 14.4. The van der Waals surface area contributed by atoms with Crippen LogP contribution in [0.15, 0.2) is 30.3 Å². The first-order valence-corrected chi connectivity index (χ1v) is 13.8. The van der Waals surface area contributed by atoms with Gasteiger partial charge in [0.2, 0.25) is 5.91 Å². The van der Waals surface area contributed by atoms with E-state index in [1.807, 2.05) is 0 Å². The minimum absolute atomic E-state index is 0.134. The van der Waals surface area contributed by atoms with Gasteiger partial charge in [0.15, 0.2) is 23.1 Å². The smallest absolute Gasteiger partial charge is 0.347 e. The highest BCUT2D eigenvalue weighted by Crippen LogP contribution is 2.26. The van der Waals surface area contributed by atoms with Gasteiger partial charge in [-0.2, -0.15) is 0 Å². The van der Waals surface area contributed by atoms with E-state index in [-0.39, 0.29) is 49.4 Å². The van der Waals surface area contributed by atoms with E-state index in [2.05, 4.69) is 5.32 Å². The summed E-state index contributed by atoms with van der Waals surface area (Å²) in [5, 5.41) is 1.74. The molecule has 40 heavy (non-hydrogen) atoms. The fraction of sp³-hybridized carbons (Fsp3) is 0.444. The Bertz CT molecular complexity index is 1230. The number of halogens is 4. The van der Waals surface area contributed by atoms with Gasteiger partial charge in [0.1, 0.15) is 17.4 Å². The van der Waals surface area contributed by atoms with Gasteiger partial charge in [-0.15, -0.1) is 11.8 Å². The maximum Gasteiger partial charge on any atom is 0.347 e. The summed E-state index contributed by atoms with van der Waals surface area (Å²) in [6.45, 7) is 3.71. The molecule has 0 radical (unpaired) electrons. The lowest BCUT2D eigenvalue weighted by molar-refractivity contribution is -0.151.